The molecule has 1 aromatic carbocycles. The highest BCUT2D eigenvalue weighted by molar-refractivity contribution is 5.51. The summed E-state index contributed by atoms with van der Waals surface area (Å²) in [6, 6.07) is 5.12. The predicted molar refractivity (Wildman–Crippen MR) is 58.2 cm³/mol. The van der Waals surface area contributed by atoms with Crippen LogP contribution in [0.4, 0.5) is 5.69 Å². The Labute approximate surface area is 89.0 Å². The number of nitrogens with zero attached hydrogens (tertiary/aromatic N) is 1. The van der Waals surface area contributed by atoms with Crippen LogP contribution in [0.15, 0.2) is 18.2 Å². The quantitative estimate of drug-likeness (QED) is 0.425. The first-order chi connectivity index (χ1) is 7.16. The third kappa shape index (κ3) is 2.94. The molecule has 0 bridgehead atoms. The van der Waals surface area contributed by atoms with Crippen molar-refractivity contribution in [2.24, 2.45) is 0 Å². The van der Waals surface area contributed by atoms with E-state index in [0.717, 1.165) is 12.8 Å². The Hall–Kier alpha value is -1.58. The molecular formula is C11H15NO3. The number of ether oxygens (including phenoxy) is 1. The average Bonchev–Trinajstić information content (AvgIpc) is 2.17. The smallest absolute Gasteiger partial charge is 0.313 e. The second-order valence-electron chi connectivity index (χ2n) is 3.38. The highest BCUT2D eigenvalue weighted by Gasteiger charge is 2.17. The Morgan fingerprint density at radius 3 is 2.80 bits per heavy atom. The van der Waals surface area contributed by atoms with E-state index in [9.17, 15) is 10.1 Å². The summed E-state index contributed by atoms with van der Waals surface area (Å²) in [6.07, 6.45) is 1.92. The van der Waals surface area contributed by atoms with E-state index in [1.54, 1.807) is 25.1 Å². The molecule has 0 aliphatic heterocycles. The number of nitro benzene ring substituents is 1. The standard InChI is InChI=1S/C11H15NO3/c1-3-4-8-15-10-7-5-6-9(2)11(10)12(13)14/h5-7H,3-4,8H2,1-2H3. The molecule has 0 aliphatic carbocycles. The maximum atomic E-state index is 10.8. The Kier molecular flexibility index (Phi) is 4.09. The summed E-state index contributed by atoms with van der Waals surface area (Å²) in [5.74, 6) is 0.369. The molecule has 0 unspecified atom stereocenters. The topological polar surface area (TPSA) is 52.4 Å². The third-order valence-corrected chi connectivity index (χ3v) is 2.14. The van der Waals surface area contributed by atoms with Crippen molar-refractivity contribution < 1.29 is 9.66 Å². The van der Waals surface area contributed by atoms with Gasteiger partial charge in [0.2, 0.25) is 0 Å². The highest BCUT2D eigenvalue weighted by atomic mass is 16.6. The van der Waals surface area contributed by atoms with Crippen LogP contribution in [-0.2, 0) is 0 Å². The average molecular weight is 209 g/mol. The van der Waals surface area contributed by atoms with Crippen molar-refractivity contribution in [3.05, 3.63) is 33.9 Å². The van der Waals surface area contributed by atoms with E-state index in [1.165, 1.54) is 0 Å². The van der Waals surface area contributed by atoms with E-state index >= 15 is 0 Å². The molecule has 0 saturated heterocycles. The first-order valence-corrected chi connectivity index (χ1v) is 5.03. The molecule has 1 rings (SSSR count). The zero-order valence-corrected chi connectivity index (χ0v) is 9.03. The lowest BCUT2D eigenvalue weighted by atomic mass is 10.2. The molecule has 0 atom stereocenters. The summed E-state index contributed by atoms with van der Waals surface area (Å²) in [6.45, 7) is 4.29. The van der Waals surface area contributed by atoms with E-state index in [-0.39, 0.29) is 5.69 Å². The van der Waals surface area contributed by atoms with Crippen molar-refractivity contribution in [2.75, 3.05) is 6.61 Å². The maximum absolute atomic E-state index is 10.8. The molecule has 82 valence electrons. The van der Waals surface area contributed by atoms with Gasteiger partial charge in [0.15, 0.2) is 5.75 Å². The van der Waals surface area contributed by atoms with Crippen LogP contribution in [0.3, 0.4) is 0 Å². The summed E-state index contributed by atoms with van der Waals surface area (Å²) in [5.41, 5.74) is 0.711. The molecule has 0 radical (unpaired) electrons. The largest absolute Gasteiger partial charge is 0.487 e. The summed E-state index contributed by atoms with van der Waals surface area (Å²) < 4.78 is 5.38. The molecule has 0 N–H and O–H groups in total. The molecule has 4 heteroatoms. The van der Waals surface area contributed by atoms with Gasteiger partial charge in [-0.3, -0.25) is 10.1 Å². The Morgan fingerprint density at radius 1 is 1.47 bits per heavy atom. The van der Waals surface area contributed by atoms with Gasteiger partial charge in [0.1, 0.15) is 0 Å². The van der Waals surface area contributed by atoms with Crippen LogP contribution in [0.5, 0.6) is 5.75 Å². The van der Waals surface area contributed by atoms with E-state index in [4.69, 9.17) is 4.74 Å². The van der Waals surface area contributed by atoms with Crippen molar-refractivity contribution in [3.8, 4) is 5.75 Å². The number of para-hydroxylation sites is 1. The molecule has 15 heavy (non-hydrogen) atoms. The summed E-state index contributed by atoms with van der Waals surface area (Å²) in [5, 5.41) is 10.8. The van der Waals surface area contributed by atoms with Crippen LogP contribution in [0.1, 0.15) is 25.3 Å². The lowest BCUT2D eigenvalue weighted by Crippen LogP contribution is -2.01. The van der Waals surface area contributed by atoms with Crippen LogP contribution in [0, 0.1) is 17.0 Å². The molecule has 0 amide bonds. The first kappa shape index (κ1) is 11.5. The molecule has 0 heterocycles. The van der Waals surface area contributed by atoms with Gasteiger partial charge in [0, 0.05) is 5.56 Å². The SMILES string of the molecule is CCCCOc1cccc(C)c1[N+](=O)[O-]. The minimum absolute atomic E-state index is 0.0774. The van der Waals surface area contributed by atoms with Gasteiger partial charge >= 0.3 is 5.69 Å². The van der Waals surface area contributed by atoms with E-state index in [0.29, 0.717) is 17.9 Å². The van der Waals surface area contributed by atoms with Crippen LogP contribution in [-0.4, -0.2) is 11.5 Å². The Morgan fingerprint density at radius 2 is 2.20 bits per heavy atom. The van der Waals surface area contributed by atoms with Crippen molar-refractivity contribution in [1.29, 1.82) is 0 Å². The van der Waals surface area contributed by atoms with E-state index < -0.39 is 4.92 Å². The van der Waals surface area contributed by atoms with Crippen molar-refractivity contribution >= 4 is 5.69 Å². The van der Waals surface area contributed by atoms with Crippen LogP contribution >= 0.6 is 0 Å². The molecule has 0 spiro atoms. The number of aryl methyl sites for hydroxylation is 1. The maximum Gasteiger partial charge on any atom is 0.313 e. The number of hydrogen-bond acceptors (Lipinski definition) is 3. The summed E-state index contributed by atoms with van der Waals surface area (Å²) in [7, 11) is 0. The van der Waals surface area contributed by atoms with E-state index in [2.05, 4.69) is 0 Å². The fourth-order valence-electron chi connectivity index (χ4n) is 1.31. The van der Waals surface area contributed by atoms with Gasteiger partial charge in [-0.1, -0.05) is 25.5 Å². The molecular weight excluding hydrogens is 194 g/mol. The fourth-order valence-corrected chi connectivity index (χ4v) is 1.31. The molecule has 0 saturated carbocycles. The van der Waals surface area contributed by atoms with Gasteiger partial charge in [0.25, 0.3) is 0 Å². The van der Waals surface area contributed by atoms with Gasteiger partial charge in [-0.15, -0.1) is 0 Å². The third-order valence-electron chi connectivity index (χ3n) is 2.14. The number of nitro groups is 1. The van der Waals surface area contributed by atoms with Gasteiger partial charge in [-0.05, 0) is 19.4 Å². The number of benzene rings is 1. The normalized spacial score (nSPS) is 10.0. The number of hydrogen-bond donors (Lipinski definition) is 0. The monoisotopic (exact) mass is 209 g/mol. The fraction of sp³-hybridized carbons (Fsp3) is 0.455. The Balaban J connectivity index is 2.86. The molecule has 4 nitrogen and oxygen atoms in total. The van der Waals surface area contributed by atoms with Gasteiger partial charge in [0.05, 0.1) is 11.5 Å². The van der Waals surface area contributed by atoms with Crippen LogP contribution < -0.4 is 4.74 Å². The first-order valence-electron chi connectivity index (χ1n) is 5.03. The molecule has 0 fully saturated rings. The minimum Gasteiger partial charge on any atom is -0.487 e. The lowest BCUT2D eigenvalue weighted by Gasteiger charge is -2.06. The van der Waals surface area contributed by atoms with Crippen LogP contribution in [0.25, 0.3) is 0 Å². The molecule has 0 aromatic heterocycles. The second kappa shape index (κ2) is 5.34. The molecule has 0 aliphatic rings. The van der Waals surface area contributed by atoms with E-state index in [1.807, 2.05) is 6.92 Å². The minimum atomic E-state index is -0.392. The molecule has 1 aromatic rings. The van der Waals surface area contributed by atoms with Crippen molar-refractivity contribution in [1.82, 2.24) is 0 Å². The van der Waals surface area contributed by atoms with Crippen molar-refractivity contribution in [2.45, 2.75) is 26.7 Å². The van der Waals surface area contributed by atoms with Crippen LogP contribution in [0.2, 0.25) is 0 Å². The van der Waals surface area contributed by atoms with Gasteiger partial charge < -0.3 is 4.74 Å². The Bertz CT molecular complexity index is 350. The summed E-state index contributed by atoms with van der Waals surface area (Å²) >= 11 is 0. The zero-order valence-electron chi connectivity index (χ0n) is 9.03. The number of unbranched alkanes of at least 4 members (excludes halogenated alkanes) is 1. The zero-order chi connectivity index (χ0) is 11.3. The predicted octanol–water partition coefficient (Wildman–Crippen LogP) is 3.08. The number of rotatable bonds is 5. The van der Waals surface area contributed by atoms with Gasteiger partial charge in [-0.25, -0.2) is 0 Å². The highest BCUT2D eigenvalue weighted by Crippen LogP contribution is 2.30. The van der Waals surface area contributed by atoms with Crippen molar-refractivity contribution in [3.63, 3.8) is 0 Å². The summed E-state index contributed by atoms with van der Waals surface area (Å²) in [4.78, 5) is 10.4. The lowest BCUT2D eigenvalue weighted by molar-refractivity contribution is -0.386. The second-order valence-corrected chi connectivity index (χ2v) is 3.38. The van der Waals surface area contributed by atoms with Gasteiger partial charge in [-0.2, -0.15) is 0 Å².